The molecular formula is C24H29N. The predicted octanol–water partition coefficient (Wildman–Crippen LogP) is 5.63. The lowest BCUT2D eigenvalue weighted by Crippen LogP contribution is -2.43. The maximum atomic E-state index is 3.74. The van der Waals surface area contributed by atoms with Crippen molar-refractivity contribution in [3.8, 4) is 11.8 Å². The van der Waals surface area contributed by atoms with E-state index in [-0.39, 0.29) is 0 Å². The van der Waals surface area contributed by atoms with E-state index in [2.05, 4.69) is 59.2 Å². The van der Waals surface area contributed by atoms with E-state index < -0.39 is 0 Å². The Morgan fingerprint density at radius 2 is 1.52 bits per heavy atom. The second-order valence-electron chi connectivity index (χ2n) is 7.74. The molecule has 1 saturated carbocycles. The lowest BCUT2D eigenvalue weighted by Gasteiger charge is -2.37. The van der Waals surface area contributed by atoms with E-state index in [9.17, 15) is 0 Å². The minimum atomic E-state index is 0.458. The van der Waals surface area contributed by atoms with Gasteiger partial charge in [0.1, 0.15) is 0 Å². The highest BCUT2D eigenvalue weighted by atomic mass is 15.2. The minimum Gasteiger partial charge on any atom is -0.290 e. The van der Waals surface area contributed by atoms with Crippen LogP contribution in [-0.4, -0.2) is 24.0 Å². The van der Waals surface area contributed by atoms with Crippen molar-refractivity contribution in [2.45, 2.75) is 57.4 Å². The SMILES string of the molecule is C(#CC(C1CCCCC1)N1CCCCC1)c1cccc2ccccc12. The van der Waals surface area contributed by atoms with E-state index in [1.165, 1.54) is 80.8 Å². The van der Waals surface area contributed by atoms with Crippen molar-refractivity contribution in [2.75, 3.05) is 13.1 Å². The van der Waals surface area contributed by atoms with Crippen LogP contribution in [0.2, 0.25) is 0 Å². The molecule has 2 aliphatic rings. The number of piperidine rings is 1. The second kappa shape index (κ2) is 8.07. The molecule has 1 atom stereocenters. The molecular weight excluding hydrogens is 302 g/mol. The van der Waals surface area contributed by atoms with Crippen molar-refractivity contribution >= 4 is 10.8 Å². The number of hydrogen-bond donors (Lipinski definition) is 0. The van der Waals surface area contributed by atoms with Crippen molar-refractivity contribution in [3.63, 3.8) is 0 Å². The van der Waals surface area contributed by atoms with Gasteiger partial charge in [-0.15, -0.1) is 0 Å². The van der Waals surface area contributed by atoms with Gasteiger partial charge < -0.3 is 0 Å². The third-order valence-corrected chi connectivity index (χ3v) is 6.02. The van der Waals surface area contributed by atoms with Crippen molar-refractivity contribution in [3.05, 3.63) is 48.0 Å². The second-order valence-corrected chi connectivity index (χ2v) is 7.74. The average molecular weight is 332 g/mol. The first-order chi connectivity index (χ1) is 12.4. The molecule has 2 aromatic rings. The summed E-state index contributed by atoms with van der Waals surface area (Å²) in [5.74, 6) is 8.11. The van der Waals surface area contributed by atoms with Gasteiger partial charge in [0.15, 0.2) is 0 Å². The molecule has 0 bridgehead atoms. The van der Waals surface area contributed by atoms with Gasteiger partial charge in [-0.3, -0.25) is 4.90 Å². The number of benzene rings is 2. The Hall–Kier alpha value is -1.78. The first kappa shape index (κ1) is 16.7. The molecule has 0 N–H and O–H groups in total. The minimum absolute atomic E-state index is 0.458. The highest BCUT2D eigenvalue weighted by Crippen LogP contribution is 2.30. The standard InChI is InChI=1S/C24H29N/c1-3-11-22(12-4-1)24(25-18-7-2-8-19-25)17-16-21-14-9-13-20-10-5-6-15-23(20)21/h5-6,9-10,13-15,22,24H,1-4,7-8,11-12,18-19H2. The first-order valence-electron chi connectivity index (χ1n) is 10.2. The zero-order valence-corrected chi connectivity index (χ0v) is 15.2. The van der Waals surface area contributed by atoms with Crippen LogP contribution in [-0.2, 0) is 0 Å². The molecule has 1 aliphatic heterocycles. The lowest BCUT2D eigenvalue weighted by molar-refractivity contribution is 0.133. The van der Waals surface area contributed by atoms with Crippen LogP contribution < -0.4 is 0 Å². The summed E-state index contributed by atoms with van der Waals surface area (Å²) in [5, 5.41) is 2.58. The molecule has 1 nitrogen and oxygen atoms in total. The van der Waals surface area contributed by atoms with E-state index in [0.717, 1.165) is 5.92 Å². The summed E-state index contributed by atoms with van der Waals surface area (Å²) < 4.78 is 0. The zero-order chi connectivity index (χ0) is 16.9. The molecule has 130 valence electrons. The van der Waals surface area contributed by atoms with Gasteiger partial charge in [0, 0.05) is 5.56 Å². The van der Waals surface area contributed by atoms with Crippen molar-refractivity contribution < 1.29 is 0 Å². The smallest absolute Gasteiger partial charge is 0.0746 e. The summed E-state index contributed by atoms with van der Waals surface area (Å²) in [6, 6.07) is 15.6. The van der Waals surface area contributed by atoms with Gasteiger partial charge in [-0.25, -0.2) is 0 Å². The van der Waals surface area contributed by atoms with Gasteiger partial charge in [-0.2, -0.15) is 0 Å². The Labute approximate surface area is 152 Å². The number of rotatable bonds is 2. The Morgan fingerprint density at radius 3 is 2.36 bits per heavy atom. The van der Waals surface area contributed by atoms with Crippen LogP contribution in [0.1, 0.15) is 56.9 Å². The highest BCUT2D eigenvalue weighted by molar-refractivity contribution is 5.88. The average Bonchev–Trinajstić information content (AvgIpc) is 2.70. The molecule has 2 aromatic carbocycles. The molecule has 0 radical (unpaired) electrons. The molecule has 1 unspecified atom stereocenters. The fourth-order valence-corrected chi connectivity index (χ4v) is 4.64. The van der Waals surface area contributed by atoms with Gasteiger partial charge >= 0.3 is 0 Å². The molecule has 2 fully saturated rings. The zero-order valence-electron chi connectivity index (χ0n) is 15.2. The summed E-state index contributed by atoms with van der Waals surface area (Å²) in [4.78, 5) is 2.69. The third-order valence-electron chi connectivity index (χ3n) is 6.02. The maximum absolute atomic E-state index is 3.74. The summed E-state index contributed by atoms with van der Waals surface area (Å²) in [7, 11) is 0. The molecule has 4 rings (SSSR count). The molecule has 25 heavy (non-hydrogen) atoms. The summed E-state index contributed by atoms with van der Waals surface area (Å²) in [6.45, 7) is 2.48. The fourth-order valence-electron chi connectivity index (χ4n) is 4.64. The summed E-state index contributed by atoms with van der Waals surface area (Å²) in [5.41, 5.74) is 1.19. The fraction of sp³-hybridized carbons (Fsp3) is 0.500. The Kier molecular flexibility index (Phi) is 5.38. The van der Waals surface area contributed by atoms with Crippen LogP contribution in [0.25, 0.3) is 10.8 Å². The summed E-state index contributed by atoms with van der Waals surface area (Å²) >= 11 is 0. The molecule has 1 aliphatic carbocycles. The first-order valence-corrected chi connectivity index (χ1v) is 10.2. The van der Waals surface area contributed by atoms with Gasteiger partial charge in [-0.1, -0.05) is 73.9 Å². The van der Waals surface area contributed by atoms with Crippen LogP contribution in [0, 0.1) is 17.8 Å². The molecule has 1 saturated heterocycles. The van der Waals surface area contributed by atoms with E-state index in [0.29, 0.717) is 6.04 Å². The highest BCUT2D eigenvalue weighted by Gasteiger charge is 2.28. The molecule has 0 amide bonds. The van der Waals surface area contributed by atoms with E-state index >= 15 is 0 Å². The largest absolute Gasteiger partial charge is 0.290 e. The van der Waals surface area contributed by atoms with E-state index in [1.807, 2.05) is 0 Å². The molecule has 1 heterocycles. The number of hydrogen-bond acceptors (Lipinski definition) is 1. The van der Waals surface area contributed by atoms with E-state index in [4.69, 9.17) is 0 Å². The van der Waals surface area contributed by atoms with Crippen LogP contribution >= 0.6 is 0 Å². The normalized spacial score (nSPS) is 20.8. The predicted molar refractivity (Wildman–Crippen MR) is 107 cm³/mol. The topological polar surface area (TPSA) is 3.24 Å². The van der Waals surface area contributed by atoms with Crippen molar-refractivity contribution in [1.29, 1.82) is 0 Å². The number of nitrogens with zero attached hydrogens (tertiary/aromatic N) is 1. The van der Waals surface area contributed by atoms with Crippen LogP contribution in [0.3, 0.4) is 0 Å². The van der Waals surface area contributed by atoms with Crippen LogP contribution in [0.15, 0.2) is 42.5 Å². The van der Waals surface area contributed by atoms with Gasteiger partial charge in [-0.05, 0) is 61.5 Å². The maximum Gasteiger partial charge on any atom is 0.0746 e. The Balaban J connectivity index is 1.64. The number of likely N-dealkylation sites (tertiary alicyclic amines) is 1. The Bertz CT molecular complexity index is 731. The molecule has 0 spiro atoms. The van der Waals surface area contributed by atoms with Gasteiger partial charge in [0.05, 0.1) is 6.04 Å². The quantitative estimate of drug-likeness (QED) is 0.645. The third kappa shape index (κ3) is 3.91. The van der Waals surface area contributed by atoms with Gasteiger partial charge in [0.2, 0.25) is 0 Å². The van der Waals surface area contributed by atoms with E-state index in [1.54, 1.807) is 0 Å². The molecule has 1 heteroatoms. The van der Waals surface area contributed by atoms with Crippen LogP contribution in [0.5, 0.6) is 0 Å². The van der Waals surface area contributed by atoms with Gasteiger partial charge in [0.25, 0.3) is 0 Å². The monoisotopic (exact) mass is 331 g/mol. The van der Waals surface area contributed by atoms with Crippen LogP contribution in [0.4, 0.5) is 0 Å². The lowest BCUT2D eigenvalue weighted by atomic mass is 9.82. The van der Waals surface area contributed by atoms with Crippen molar-refractivity contribution in [2.24, 2.45) is 5.92 Å². The number of fused-ring (bicyclic) bond motifs is 1. The van der Waals surface area contributed by atoms with Crippen molar-refractivity contribution in [1.82, 2.24) is 4.90 Å². The summed E-state index contributed by atoms with van der Waals surface area (Å²) in [6.07, 6.45) is 11.0. The Morgan fingerprint density at radius 1 is 0.800 bits per heavy atom. The molecule has 0 aromatic heterocycles.